The molecule has 156 valence electrons. The molecule has 0 aromatic heterocycles. The standard InChI is InChI=1S/C23H25N3O3S/c1-16(2)11-12-29-20-9-5-18(6-10-20)23(28)26-15-30-14-21(26)22(27)25-19-7-3-17(13-24)4-8-19/h3-10,16,21H,11-12,14-15H2,1-2H3,(H,25,27). The van der Waals surface area contributed by atoms with Gasteiger partial charge in [-0.1, -0.05) is 13.8 Å². The summed E-state index contributed by atoms with van der Waals surface area (Å²) in [4.78, 5) is 27.3. The largest absolute Gasteiger partial charge is 0.494 e. The third-order valence-corrected chi connectivity index (χ3v) is 5.80. The lowest BCUT2D eigenvalue weighted by Crippen LogP contribution is -2.44. The molecule has 7 heteroatoms. The van der Waals surface area contributed by atoms with Gasteiger partial charge in [0, 0.05) is 17.0 Å². The first kappa shape index (κ1) is 21.7. The number of carbonyl (C=O) groups excluding carboxylic acids is 2. The fraction of sp³-hybridized carbons (Fsp3) is 0.348. The van der Waals surface area contributed by atoms with E-state index in [9.17, 15) is 9.59 Å². The summed E-state index contributed by atoms with van der Waals surface area (Å²) in [6.07, 6.45) is 0.974. The van der Waals surface area contributed by atoms with Crippen LogP contribution in [0.3, 0.4) is 0 Å². The van der Waals surface area contributed by atoms with E-state index in [1.165, 1.54) is 0 Å². The van der Waals surface area contributed by atoms with Gasteiger partial charge in [0.25, 0.3) is 5.91 Å². The van der Waals surface area contributed by atoms with Gasteiger partial charge in [0.2, 0.25) is 5.91 Å². The molecular weight excluding hydrogens is 398 g/mol. The maximum Gasteiger partial charge on any atom is 0.255 e. The van der Waals surface area contributed by atoms with E-state index in [-0.39, 0.29) is 11.8 Å². The molecule has 1 heterocycles. The van der Waals surface area contributed by atoms with Crippen LogP contribution in [0.5, 0.6) is 5.75 Å². The Morgan fingerprint density at radius 3 is 2.53 bits per heavy atom. The van der Waals surface area contributed by atoms with E-state index >= 15 is 0 Å². The van der Waals surface area contributed by atoms with Gasteiger partial charge in [0.15, 0.2) is 0 Å². The molecule has 0 bridgehead atoms. The molecule has 30 heavy (non-hydrogen) atoms. The molecule has 0 saturated carbocycles. The minimum absolute atomic E-state index is 0.172. The number of hydrogen-bond acceptors (Lipinski definition) is 5. The second kappa shape index (κ2) is 10.2. The van der Waals surface area contributed by atoms with Gasteiger partial charge in [-0.05, 0) is 60.9 Å². The second-order valence-electron chi connectivity index (χ2n) is 7.52. The van der Waals surface area contributed by atoms with Gasteiger partial charge in [-0.2, -0.15) is 5.26 Å². The maximum absolute atomic E-state index is 13.0. The van der Waals surface area contributed by atoms with Gasteiger partial charge >= 0.3 is 0 Å². The van der Waals surface area contributed by atoms with Crippen molar-refractivity contribution in [3.63, 3.8) is 0 Å². The minimum atomic E-state index is -0.542. The summed E-state index contributed by atoms with van der Waals surface area (Å²) in [5.74, 6) is 1.92. The van der Waals surface area contributed by atoms with Crippen LogP contribution in [0.1, 0.15) is 36.2 Å². The zero-order valence-corrected chi connectivity index (χ0v) is 17.9. The van der Waals surface area contributed by atoms with Gasteiger partial charge in [-0.15, -0.1) is 11.8 Å². The number of nitriles is 1. The number of nitrogens with one attached hydrogen (secondary N) is 1. The molecule has 3 rings (SSSR count). The molecule has 0 spiro atoms. The van der Waals surface area contributed by atoms with Crippen LogP contribution in [0.25, 0.3) is 0 Å². The van der Waals surface area contributed by atoms with E-state index in [4.69, 9.17) is 10.00 Å². The fourth-order valence-electron chi connectivity index (χ4n) is 2.99. The molecule has 1 fully saturated rings. The summed E-state index contributed by atoms with van der Waals surface area (Å²) < 4.78 is 5.71. The van der Waals surface area contributed by atoms with E-state index in [2.05, 4.69) is 19.2 Å². The molecule has 1 unspecified atom stereocenters. The molecule has 2 aromatic rings. The van der Waals surface area contributed by atoms with Crippen molar-refractivity contribution in [3.8, 4) is 11.8 Å². The number of nitrogens with zero attached hydrogens (tertiary/aromatic N) is 2. The summed E-state index contributed by atoms with van der Waals surface area (Å²) >= 11 is 1.55. The number of benzene rings is 2. The van der Waals surface area contributed by atoms with Gasteiger partial charge in [0.1, 0.15) is 11.8 Å². The summed E-state index contributed by atoms with van der Waals surface area (Å²) in [5, 5.41) is 11.7. The Hall–Kier alpha value is -2.98. The van der Waals surface area contributed by atoms with E-state index in [0.717, 1.165) is 12.2 Å². The molecule has 6 nitrogen and oxygen atoms in total. The quantitative estimate of drug-likeness (QED) is 0.724. The van der Waals surface area contributed by atoms with E-state index in [1.807, 2.05) is 6.07 Å². The van der Waals surface area contributed by atoms with Crippen molar-refractivity contribution in [2.45, 2.75) is 26.3 Å². The van der Waals surface area contributed by atoms with Crippen molar-refractivity contribution in [2.24, 2.45) is 5.92 Å². The highest BCUT2D eigenvalue weighted by molar-refractivity contribution is 7.99. The van der Waals surface area contributed by atoms with E-state index in [0.29, 0.717) is 41.0 Å². The van der Waals surface area contributed by atoms with Crippen molar-refractivity contribution in [1.82, 2.24) is 4.90 Å². The molecule has 1 saturated heterocycles. The first-order valence-corrected chi connectivity index (χ1v) is 11.1. The number of anilines is 1. The van der Waals surface area contributed by atoms with Crippen LogP contribution in [-0.2, 0) is 4.79 Å². The molecule has 1 aliphatic rings. The van der Waals surface area contributed by atoms with Crippen LogP contribution >= 0.6 is 11.8 Å². The van der Waals surface area contributed by atoms with Crippen LogP contribution in [-0.4, -0.2) is 41.0 Å². The van der Waals surface area contributed by atoms with Crippen molar-refractivity contribution in [3.05, 3.63) is 59.7 Å². The van der Waals surface area contributed by atoms with Crippen molar-refractivity contribution in [1.29, 1.82) is 5.26 Å². The Kier molecular flexibility index (Phi) is 7.36. The first-order valence-electron chi connectivity index (χ1n) is 9.90. The van der Waals surface area contributed by atoms with Gasteiger partial charge < -0.3 is 15.0 Å². The predicted molar refractivity (Wildman–Crippen MR) is 118 cm³/mol. The highest BCUT2D eigenvalue weighted by Crippen LogP contribution is 2.25. The number of thioether (sulfide) groups is 1. The molecule has 1 N–H and O–H groups in total. The fourth-order valence-corrected chi connectivity index (χ4v) is 4.14. The summed E-state index contributed by atoms with van der Waals surface area (Å²) in [5.41, 5.74) is 1.66. The average Bonchev–Trinajstić information content (AvgIpc) is 3.24. The van der Waals surface area contributed by atoms with Crippen LogP contribution in [0, 0.1) is 17.2 Å². The first-order chi connectivity index (χ1) is 14.5. The molecule has 2 aromatic carbocycles. The normalized spacial score (nSPS) is 15.7. The van der Waals surface area contributed by atoms with Crippen molar-refractivity contribution in [2.75, 3.05) is 23.6 Å². The number of amides is 2. The number of rotatable bonds is 7. The molecule has 0 radical (unpaired) electrons. The lowest BCUT2D eigenvalue weighted by atomic mass is 10.1. The second-order valence-corrected chi connectivity index (χ2v) is 8.52. The number of carbonyl (C=O) groups is 2. The maximum atomic E-state index is 13.0. The predicted octanol–water partition coefficient (Wildman–Crippen LogP) is 4.14. The smallest absolute Gasteiger partial charge is 0.255 e. The minimum Gasteiger partial charge on any atom is -0.494 e. The molecule has 1 atom stereocenters. The zero-order chi connectivity index (χ0) is 21.5. The Morgan fingerprint density at radius 2 is 1.90 bits per heavy atom. The van der Waals surface area contributed by atoms with Crippen LogP contribution in [0.4, 0.5) is 5.69 Å². The molecular formula is C23H25N3O3S. The van der Waals surface area contributed by atoms with Crippen molar-refractivity contribution < 1.29 is 14.3 Å². The summed E-state index contributed by atoms with van der Waals surface area (Å²) in [6.45, 7) is 4.94. The van der Waals surface area contributed by atoms with E-state index < -0.39 is 6.04 Å². The topological polar surface area (TPSA) is 82.4 Å². The monoisotopic (exact) mass is 423 g/mol. The number of ether oxygens (including phenoxy) is 1. The van der Waals surface area contributed by atoms with Crippen molar-refractivity contribution >= 4 is 29.3 Å². The third kappa shape index (κ3) is 5.55. The Bertz CT molecular complexity index is 920. The lowest BCUT2D eigenvalue weighted by molar-refractivity contribution is -0.119. The highest BCUT2D eigenvalue weighted by atomic mass is 32.2. The van der Waals surface area contributed by atoms with Crippen LogP contribution in [0.15, 0.2) is 48.5 Å². The average molecular weight is 424 g/mol. The SMILES string of the molecule is CC(C)CCOc1ccc(C(=O)N2CSCC2C(=O)Nc2ccc(C#N)cc2)cc1. The lowest BCUT2D eigenvalue weighted by Gasteiger charge is -2.23. The van der Waals surface area contributed by atoms with Crippen LogP contribution in [0.2, 0.25) is 0 Å². The van der Waals surface area contributed by atoms with Gasteiger partial charge in [0.05, 0.1) is 24.1 Å². The van der Waals surface area contributed by atoms with Gasteiger partial charge in [-0.3, -0.25) is 9.59 Å². The third-order valence-electron chi connectivity index (χ3n) is 4.79. The Labute approximate surface area is 181 Å². The van der Waals surface area contributed by atoms with Crippen LogP contribution < -0.4 is 10.1 Å². The Morgan fingerprint density at radius 1 is 1.20 bits per heavy atom. The molecule has 0 aliphatic carbocycles. The zero-order valence-electron chi connectivity index (χ0n) is 17.1. The summed E-state index contributed by atoms with van der Waals surface area (Å²) in [7, 11) is 0. The Balaban J connectivity index is 1.61. The van der Waals surface area contributed by atoms with Gasteiger partial charge in [-0.25, -0.2) is 0 Å². The highest BCUT2D eigenvalue weighted by Gasteiger charge is 2.35. The number of hydrogen-bond donors (Lipinski definition) is 1. The molecule has 1 aliphatic heterocycles. The van der Waals surface area contributed by atoms with E-state index in [1.54, 1.807) is 65.2 Å². The molecule has 2 amide bonds. The summed E-state index contributed by atoms with van der Waals surface area (Å²) in [6, 6.07) is 15.2.